The van der Waals surface area contributed by atoms with E-state index in [2.05, 4.69) is 23.1 Å². The second-order valence-electron chi connectivity index (χ2n) is 6.67. The van der Waals surface area contributed by atoms with E-state index in [1.165, 1.54) is 6.33 Å². The quantitative estimate of drug-likeness (QED) is 0.133. The van der Waals surface area contributed by atoms with Gasteiger partial charge in [-0.05, 0) is 22.6 Å². The number of nitrogens with two attached hydrogens (primary N) is 1. The van der Waals surface area contributed by atoms with Crippen LogP contribution in [0.25, 0.3) is 11.0 Å². The molecule has 0 bridgehead atoms. The molecule has 2 aromatic rings. The zero-order chi connectivity index (χ0) is 24.8. The van der Waals surface area contributed by atoms with Gasteiger partial charge in [-0.25, -0.2) is 23.7 Å². The van der Waals surface area contributed by atoms with Crippen LogP contribution in [-0.4, -0.2) is 75.3 Å². The number of rotatable bonds is 9. The zero-order valence-corrected chi connectivity index (χ0v) is 20.9. The number of aliphatic hydroxyl groups is 2. The highest BCUT2D eigenvalue weighted by Crippen LogP contribution is 2.66. The Kier molecular flexibility index (Phi) is 8.05. The van der Waals surface area contributed by atoms with Gasteiger partial charge in [-0.1, -0.05) is 0 Å². The van der Waals surface area contributed by atoms with Gasteiger partial charge in [0.15, 0.2) is 0 Å². The van der Waals surface area contributed by atoms with Gasteiger partial charge in [0.25, 0.3) is 0 Å². The van der Waals surface area contributed by atoms with Crippen LogP contribution in [-0.2, 0) is 38.1 Å². The van der Waals surface area contributed by atoms with Crippen LogP contribution in [0.1, 0.15) is 0 Å². The number of hydrogen-bond acceptors (Lipinski definition) is 12. The first-order valence-corrected chi connectivity index (χ1v) is 14.2. The number of anilines is 1. The van der Waals surface area contributed by atoms with Crippen LogP contribution in [0.5, 0.6) is 0 Å². The topological polar surface area (TPSA) is 266 Å². The van der Waals surface area contributed by atoms with Crippen LogP contribution in [0.2, 0.25) is 0 Å². The molecule has 2 aromatic heterocycles. The van der Waals surface area contributed by atoms with E-state index in [0.717, 1.165) is 3.57 Å². The normalized spacial score (nSPS) is 27.5. The molecule has 3 rings (SSSR count). The van der Waals surface area contributed by atoms with Crippen molar-refractivity contribution in [3.8, 4) is 0 Å². The maximum absolute atomic E-state index is 11.8. The van der Waals surface area contributed by atoms with Crippen molar-refractivity contribution < 1.29 is 61.4 Å². The lowest BCUT2D eigenvalue weighted by Crippen LogP contribution is -2.35. The predicted molar refractivity (Wildman–Crippen MR) is 115 cm³/mol. The first-order valence-electron chi connectivity index (χ1n) is 8.63. The molecule has 0 saturated carbocycles. The van der Waals surface area contributed by atoms with Crippen molar-refractivity contribution in [3.63, 3.8) is 0 Å². The summed E-state index contributed by atoms with van der Waals surface area (Å²) in [4.78, 5) is 43.7. The molecule has 8 N–H and O–H groups in total. The molecule has 0 amide bonds. The SMILES string of the molecule is Nc1ncnc2c1c(I)cn2C[C@@H]1O[C@H](COP(=O)(O)OP(=O)(O)OP(=O)(O)O)[C@H](O)C1O. The average molecular weight is 646 g/mol. The lowest BCUT2D eigenvalue weighted by molar-refractivity contribution is -0.0256. The number of aromatic nitrogens is 3. The second-order valence-corrected chi connectivity index (χ2v) is 12.3. The second kappa shape index (κ2) is 9.83. The van der Waals surface area contributed by atoms with E-state index in [9.17, 15) is 28.8 Å². The Bertz CT molecular complexity index is 1170. The van der Waals surface area contributed by atoms with E-state index < -0.39 is 54.5 Å². The number of nitrogen functional groups attached to an aromatic ring is 1. The van der Waals surface area contributed by atoms with Crippen LogP contribution in [0.15, 0.2) is 12.5 Å². The van der Waals surface area contributed by atoms with Gasteiger partial charge in [0, 0.05) is 9.77 Å². The molecular weight excluding hydrogens is 628 g/mol. The molecule has 1 saturated heterocycles. The van der Waals surface area contributed by atoms with Crippen LogP contribution in [0, 0.1) is 3.57 Å². The van der Waals surface area contributed by atoms with Gasteiger partial charge in [0.2, 0.25) is 0 Å². The third kappa shape index (κ3) is 6.77. The van der Waals surface area contributed by atoms with Crippen LogP contribution < -0.4 is 5.73 Å². The summed E-state index contributed by atoms with van der Waals surface area (Å²) in [5, 5.41) is 21.1. The Morgan fingerprint density at radius 2 is 1.70 bits per heavy atom. The van der Waals surface area contributed by atoms with Crippen LogP contribution in [0.4, 0.5) is 5.82 Å². The van der Waals surface area contributed by atoms with Gasteiger partial charge >= 0.3 is 23.5 Å². The van der Waals surface area contributed by atoms with E-state index in [1.54, 1.807) is 10.8 Å². The summed E-state index contributed by atoms with van der Waals surface area (Å²) < 4.78 is 53.3. The minimum atomic E-state index is -5.69. The predicted octanol–water partition coefficient (Wildman–Crippen LogP) is -0.549. The van der Waals surface area contributed by atoms with Crippen LogP contribution >= 0.6 is 46.1 Å². The van der Waals surface area contributed by atoms with Crippen molar-refractivity contribution in [1.82, 2.24) is 14.5 Å². The maximum Gasteiger partial charge on any atom is 0.490 e. The molecule has 33 heavy (non-hydrogen) atoms. The fourth-order valence-electron chi connectivity index (χ4n) is 3.02. The van der Waals surface area contributed by atoms with Gasteiger partial charge in [0.1, 0.15) is 42.2 Å². The fraction of sp³-hybridized carbons (Fsp3) is 0.500. The van der Waals surface area contributed by atoms with Crippen molar-refractivity contribution >= 4 is 62.9 Å². The third-order valence-electron chi connectivity index (χ3n) is 4.29. The summed E-state index contributed by atoms with van der Waals surface area (Å²) in [6.07, 6.45) is -2.56. The van der Waals surface area contributed by atoms with E-state index in [-0.39, 0.29) is 12.4 Å². The van der Waals surface area contributed by atoms with Crippen molar-refractivity contribution in [1.29, 1.82) is 0 Å². The molecule has 17 nitrogen and oxygen atoms in total. The summed E-state index contributed by atoms with van der Waals surface area (Å²) in [5.74, 6) is 0.241. The fourth-order valence-corrected chi connectivity index (χ4v) is 6.90. The van der Waals surface area contributed by atoms with E-state index in [1.807, 2.05) is 22.6 Å². The number of halogens is 1. The molecule has 186 valence electrons. The van der Waals surface area contributed by atoms with Gasteiger partial charge in [0.05, 0.1) is 18.5 Å². The van der Waals surface area contributed by atoms with Gasteiger partial charge in [-0.2, -0.15) is 8.62 Å². The number of ether oxygens (including phenoxy) is 1. The highest BCUT2D eigenvalue weighted by atomic mass is 127. The third-order valence-corrected chi connectivity index (χ3v) is 8.91. The summed E-state index contributed by atoms with van der Waals surface area (Å²) >= 11 is 2.02. The van der Waals surface area contributed by atoms with Gasteiger partial charge in [-0.15, -0.1) is 0 Å². The Balaban J connectivity index is 1.65. The summed E-state index contributed by atoms with van der Waals surface area (Å²) in [6, 6.07) is 0. The Hall–Kier alpha value is -0.560. The lowest BCUT2D eigenvalue weighted by Gasteiger charge is -2.19. The average Bonchev–Trinajstić information content (AvgIpc) is 3.09. The van der Waals surface area contributed by atoms with Gasteiger partial charge < -0.3 is 44.8 Å². The first kappa shape index (κ1) is 27.0. The van der Waals surface area contributed by atoms with E-state index in [0.29, 0.717) is 11.0 Å². The molecule has 0 radical (unpaired) electrons. The maximum atomic E-state index is 11.8. The Morgan fingerprint density at radius 3 is 2.33 bits per heavy atom. The van der Waals surface area contributed by atoms with Crippen molar-refractivity contribution in [2.45, 2.75) is 31.0 Å². The van der Waals surface area contributed by atoms with Crippen molar-refractivity contribution in [2.75, 3.05) is 12.3 Å². The monoisotopic (exact) mass is 646 g/mol. The molecular formula is C12H18IN4O13P3. The van der Waals surface area contributed by atoms with Crippen LogP contribution in [0.3, 0.4) is 0 Å². The van der Waals surface area contributed by atoms with E-state index in [4.69, 9.17) is 25.2 Å². The molecule has 0 spiro atoms. The molecule has 0 aliphatic carbocycles. The number of nitrogens with zero attached hydrogens (tertiary/aromatic N) is 3. The molecule has 1 aliphatic rings. The number of phosphoric ester groups is 1. The molecule has 6 atom stereocenters. The van der Waals surface area contributed by atoms with E-state index >= 15 is 0 Å². The molecule has 1 fully saturated rings. The molecule has 3 unspecified atom stereocenters. The molecule has 3 heterocycles. The zero-order valence-electron chi connectivity index (χ0n) is 16.1. The van der Waals surface area contributed by atoms with Gasteiger partial charge in [-0.3, -0.25) is 4.52 Å². The largest absolute Gasteiger partial charge is 0.490 e. The lowest BCUT2D eigenvalue weighted by atomic mass is 10.1. The first-order chi connectivity index (χ1) is 15.1. The highest BCUT2D eigenvalue weighted by molar-refractivity contribution is 14.1. The number of aliphatic hydroxyl groups excluding tert-OH is 2. The molecule has 21 heteroatoms. The Morgan fingerprint density at radius 1 is 1.06 bits per heavy atom. The Labute approximate surface area is 198 Å². The van der Waals surface area contributed by atoms with Crippen molar-refractivity contribution in [2.24, 2.45) is 0 Å². The number of fused-ring (bicyclic) bond motifs is 1. The van der Waals surface area contributed by atoms with Crippen molar-refractivity contribution in [3.05, 3.63) is 16.1 Å². The summed E-state index contributed by atoms with van der Waals surface area (Å²) in [6.45, 7) is -0.919. The molecule has 0 aromatic carbocycles. The summed E-state index contributed by atoms with van der Waals surface area (Å²) in [7, 11) is -16.6. The highest BCUT2D eigenvalue weighted by Gasteiger charge is 2.46. The summed E-state index contributed by atoms with van der Waals surface area (Å²) in [5.41, 5.74) is 6.29. The smallest absolute Gasteiger partial charge is 0.388 e. The number of phosphoric acid groups is 3. The minimum absolute atomic E-state index is 0.0140. The standard InChI is InChI=1S/C12H18IN4O13P3/c13-5-1-17(12-8(5)11(14)15-4-16-12)2-6-9(18)10(19)7(28-6)3-27-32(23,24)30-33(25,26)29-31(20,21)22/h1,4,6-7,9-10,18-19H,2-3H2,(H,23,24)(H,25,26)(H2,14,15,16)(H2,20,21,22)/t6-,7+,9?,10-/m0/s1. The minimum Gasteiger partial charge on any atom is -0.388 e. The number of hydrogen-bond donors (Lipinski definition) is 7. The molecule has 1 aliphatic heterocycles.